The van der Waals surface area contributed by atoms with Crippen molar-refractivity contribution < 1.29 is 8.78 Å². The first kappa shape index (κ1) is 16.0. The molecule has 2 nitrogen and oxygen atoms in total. The standard InChI is InChI=1S/C16H17BrF2N2/c1-3-7-21-16(11-6-8-20-9-10(11)2)14-13(18)5-4-12(17)15(14)19/h4-6,8-9,16,21H,3,7H2,1-2H3. The summed E-state index contributed by atoms with van der Waals surface area (Å²) in [7, 11) is 0. The Bertz CT molecular complexity index is 632. The van der Waals surface area contributed by atoms with E-state index in [0.717, 1.165) is 17.5 Å². The van der Waals surface area contributed by atoms with Gasteiger partial charge < -0.3 is 5.32 Å². The van der Waals surface area contributed by atoms with E-state index < -0.39 is 17.7 Å². The highest BCUT2D eigenvalue weighted by molar-refractivity contribution is 9.10. The van der Waals surface area contributed by atoms with E-state index >= 15 is 0 Å². The fraction of sp³-hybridized carbons (Fsp3) is 0.312. The first-order chi connectivity index (χ1) is 10.1. The van der Waals surface area contributed by atoms with Gasteiger partial charge in [0.25, 0.3) is 0 Å². The van der Waals surface area contributed by atoms with Gasteiger partial charge in [-0.05, 0) is 65.1 Å². The van der Waals surface area contributed by atoms with Crippen molar-refractivity contribution in [2.45, 2.75) is 26.3 Å². The molecule has 1 unspecified atom stereocenters. The number of nitrogens with one attached hydrogen (secondary N) is 1. The van der Waals surface area contributed by atoms with Crippen LogP contribution in [0.1, 0.15) is 36.1 Å². The van der Waals surface area contributed by atoms with E-state index in [-0.39, 0.29) is 10.0 Å². The van der Waals surface area contributed by atoms with E-state index in [4.69, 9.17) is 0 Å². The van der Waals surface area contributed by atoms with Crippen LogP contribution in [0.4, 0.5) is 8.78 Å². The Hall–Kier alpha value is -1.33. The summed E-state index contributed by atoms with van der Waals surface area (Å²) in [5.74, 6) is -1.12. The molecule has 0 saturated heterocycles. The van der Waals surface area contributed by atoms with Crippen LogP contribution in [0.2, 0.25) is 0 Å². The van der Waals surface area contributed by atoms with Gasteiger partial charge in [0, 0.05) is 18.0 Å². The van der Waals surface area contributed by atoms with Gasteiger partial charge in [-0.3, -0.25) is 4.98 Å². The molecule has 0 fully saturated rings. The van der Waals surface area contributed by atoms with Crippen LogP contribution in [0.3, 0.4) is 0 Å². The number of aromatic nitrogens is 1. The quantitative estimate of drug-likeness (QED) is 0.798. The first-order valence-corrected chi connectivity index (χ1v) is 7.62. The largest absolute Gasteiger partial charge is 0.306 e. The van der Waals surface area contributed by atoms with Gasteiger partial charge in [-0.1, -0.05) is 6.92 Å². The number of hydrogen-bond donors (Lipinski definition) is 1. The van der Waals surface area contributed by atoms with E-state index in [1.807, 2.05) is 13.8 Å². The van der Waals surface area contributed by atoms with Crippen LogP contribution in [0, 0.1) is 18.6 Å². The van der Waals surface area contributed by atoms with Crippen molar-refractivity contribution in [1.82, 2.24) is 10.3 Å². The predicted octanol–water partition coefficient (Wildman–Crippen LogP) is 4.52. The van der Waals surface area contributed by atoms with E-state index in [1.165, 1.54) is 12.1 Å². The van der Waals surface area contributed by atoms with Crippen LogP contribution in [0.5, 0.6) is 0 Å². The molecule has 0 radical (unpaired) electrons. The van der Waals surface area contributed by atoms with Gasteiger partial charge in [-0.2, -0.15) is 0 Å². The van der Waals surface area contributed by atoms with Gasteiger partial charge in [0.15, 0.2) is 0 Å². The summed E-state index contributed by atoms with van der Waals surface area (Å²) in [5, 5.41) is 3.22. The zero-order valence-electron chi connectivity index (χ0n) is 12.0. The molecule has 1 N–H and O–H groups in total. The highest BCUT2D eigenvalue weighted by Crippen LogP contribution is 2.31. The second-order valence-corrected chi connectivity index (χ2v) is 5.73. The van der Waals surface area contributed by atoms with Crippen molar-refractivity contribution in [1.29, 1.82) is 0 Å². The Balaban J connectivity index is 2.56. The molecule has 1 aromatic carbocycles. The SMILES string of the molecule is CCCNC(c1ccncc1C)c1c(F)ccc(Br)c1F. The van der Waals surface area contributed by atoms with Gasteiger partial charge in [0.2, 0.25) is 0 Å². The highest BCUT2D eigenvalue weighted by Gasteiger charge is 2.24. The Morgan fingerprint density at radius 3 is 2.71 bits per heavy atom. The third-order valence-corrected chi connectivity index (χ3v) is 3.95. The van der Waals surface area contributed by atoms with Crippen molar-refractivity contribution in [3.63, 3.8) is 0 Å². The lowest BCUT2D eigenvalue weighted by molar-refractivity contribution is 0.499. The van der Waals surface area contributed by atoms with Crippen LogP contribution in [0.15, 0.2) is 35.1 Å². The normalized spacial score (nSPS) is 12.4. The average Bonchev–Trinajstić information content (AvgIpc) is 2.47. The van der Waals surface area contributed by atoms with Crippen molar-refractivity contribution in [2.75, 3.05) is 6.54 Å². The van der Waals surface area contributed by atoms with Crippen LogP contribution in [-0.4, -0.2) is 11.5 Å². The summed E-state index contributed by atoms with van der Waals surface area (Å²) in [6.45, 7) is 4.56. The Kier molecular flexibility index (Phi) is 5.42. The summed E-state index contributed by atoms with van der Waals surface area (Å²) in [6, 6.07) is 3.91. The number of halogens is 3. The minimum Gasteiger partial charge on any atom is -0.306 e. The maximum Gasteiger partial charge on any atom is 0.145 e. The summed E-state index contributed by atoms with van der Waals surface area (Å²) in [4.78, 5) is 4.04. The molecule has 1 heterocycles. The van der Waals surface area contributed by atoms with E-state index in [2.05, 4.69) is 26.2 Å². The first-order valence-electron chi connectivity index (χ1n) is 6.83. The molecule has 112 valence electrons. The van der Waals surface area contributed by atoms with Gasteiger partial charge in [-0.25, -0.2) is 8.78 Å². The Morgan fingerprint density at radius 1 is 1.29 bits per heavy atom. The maximum atomic E-state index is 14.4. The summed E-state index contributed by atoms with van der Waals surface area (Å²) in [5.41, 5.74) is 1.76. The zero-order chi connectivity index (χ0) is 15.4. The second-order valence-electron chi connectivity index (χ2n) is 4.88. The molecule has 0 spiro atoms. The van der Waals surface area contributed by atoms with Crippen LogP contribution in [-0.2, 0) is 0 Å². The van der Waals surface area contributed by atoms with E-state index in [1.54, 1.807) is 18.5 Å². The number of benzene rings is 1. The lowest BCUT2D eigenvalue weighted by atomic mass is 9.95. The van der Waals surface area contributed by atoms with Crippen LogP contribution >= 0.6 is 15.9 Å². The topological polar surface area (TPSA) is 24.9 Å². The number of hydrogen-bond acceptors (Lipinski definition) is 2. The van der Waals surface area contributed by atoms with Crippen molar-refractivity contribution in [2.24, 2.45) is 0 Å². The monoisotopic (exact) mass is 354 g/mol. The Morgan fingerprint density at radius 2 is 2.05 bits per heavy atom. The maximum absolute atomic E-state index is 14.4. The van der Waals surface area contributed by atoms with Gasteiger partial charge >= 0.3 is 0 Å². The minimum absolute atomic E-state index is 0.0344. The molecule has 0 aliphatic carbocycles. The lowest BCUT2D eigenvalue weighted by Crippen LogP contribution is -2.26. The number of nitrogens with zero attached hydrogens (tertiary/aromatic N) is 1. The zero-order valence-corrected chi connectivity index (χ0v) is 13.5. The van der Waals surface area contributed by atoms with Crippen molar-refractivity contribution in [3.8, 4) is 0 Å². The van der Waals surface area contributed by atoms with E-state index in [0.29, 0.717) is 6.54 Å². The molecule has 0 aliphatic rings. The summed E-state index contributed by atoms with van der Waals surface area (Å²) in [6.07, 6.45) is 4.21. The molecular formula is C16H17BrF2N2. The van der Waals surface area contributed by atoms with Crippen LogP contribution in [0.25, 0.3) is 0 Å². The van der Waals surface area contributed by atoms with Crippen molar-refractivity contribution in [3.05, 3.63) is 63.4 Å². The van der Waals surface area contributed by atoms with Gasteiger partial charge in [0.1, 0.15) is 11.6 Å². The smallest absolute Gasteiger partial charge is 0.145 e. The van der Waals surface area contributed by atoms with E-state index in [9.17, 15) is 8.78 Å². The predicted molar refractivity (Wildman–Crippen MR) is 83.2 cm³/mol. The molecule has 0 aliphatic heterocycles. The molecule has 0 bridgehead atoms. The third kappa shape index (κ3) is 3.47. The molecule has 5 heteroatoms. The minimum atomic E-state index is -0.570. The summed E-state index contributed by atoms with van der Waals surface area (Å²) < 4.78 is 28.9. The molecule has 2 rings (SSSR count). The van der Waals surface area contributed by atoms with Crippen molar-refractivity contribution >= 4 is 15.9 Å². The fourth-order valence-corrected chi connectivity index (χ4v) is 2.62. The average molecular weight is 355 g/mol. The second kappa shape index (κ2) is 7.09. The molecular weight excluding hydrogens is 338 g/mol. The highest BCUT2D eigenvalue weighted by atomic mass is 79.9. The van der Waals surface area contributed by atoms with Gasteiger partial charge in [-0.15, -0.1) is 0 Å². The van der Waals surface area contributed by atoms with Crippen LogP contribution < -0.4 is 5.32 Å². The summed E-state index contributed by atoms with van der Waals surface area (Å²) >= 11 is 3.13. The lowest BCUT2D eigenvalue weighted by Gasteiger charge is -2.22. The fourth-order valence-electron chi connectivity index (χ4n) is 2.27. The molecule has 1 atom stereocenters. The number of rotatable bonds is 5. The third-order valence-electron chi connectivity index (χ3n) is 3.34. The molecule has 21 heavy (non-hydrogen) atoms. The number of pyridine rings is 1. The Labute approximate surface area is 131 Å². The number of aryl methyl sites for hydroxylation is 1. The van der Waals surface area contributed by atoms with Gasteiger partial charge in [0.05, 0.1) is 10.5 Å². The molecule has 0 amide bonds. The molecule has 2 aromatic rings. The molecule has 0 saturated carbocycles. The molecule has 1 aromatic heterocycles.